The average molecular weight is 618 g/mol. The lowest BCUT2D eigenvalue weighted by Gasteiger charge is -2.25. The maximum atomic E-state index is 15.5. The smallest absolute Gasteiger partial charge is 0.434 e. The zero-order valence-corrected chi connectivity index (χ0v) is 24.4. The first-order valence-corrected chi connectivity index (χ1v) is 14.9. The van der Waals surface area contributed by atoms with Crippen LogP contribution in [0.15, 0.2) is 42.7 Å². The minimum Gasteiger partial charge on any atom is -0.434 e. The summed E-state index contributed by atoms with van der Waals surface area (Å²) < 4.78 is 71.0. The van der Waals surface area contributed by atoms with E-state index in [-0.39, 0.29) is 35.2 Å². The first-order chi connectivity index (χ1) is 20.3. The van der Waals surface area contributed by atoms with E-state index in [2.05, 4.69) is 15.0 Å². The standard InChI is InChI=1S/C28H27F3N5O6P/c1-5-40-43(38,39)42-28(2,3)26-32-12-14(13-33-26)16-9-19-18(10-17(16)29)34-24-21-11-20(36(19)24)23-15(25(37)35(21)4)7-6-8-22(23)41-27(30)31/h6-10,12-13,20-21,27H,5,11H2,1-4H3,(H,38,39)/t20-,21-/m1/s1. The first kappa shape index (κ1) is 29.2. The number of hydrogen-bond donors (Lipinski definition) is 1. The van der Waals surface area contributed by atoms with Crippen LogP contribution >= 0.6 is 7.82 Å². The van der Waals surface area contributed by atoms with Crippen LogP contribution in [0.5, 0.6) is 5.75 Å². The molecule has 2 aromatic heterocycles. The Morgan fingerprint density at radius 3 is 2.56 bits per heavy atom. The Kier molecular flexibility index (Phi) is 7.08. The number of rotatable bonds is 8. The molecule has 4 aromatic rings. The van der Waals surface area contributed by atoms with Gasteiger partial charge in [0.25, 0.3) is 5.91 Å². The van der Waals surface area contributed by atoms with Crippen molar-refractivity contribution < 1.29 is 41.2 Å². The maximum Gasteiger partial charge on any atom is 0.473 e. The number of nitrogens with zero attached hydrogens (tertiary/aromatic N) is 5. The molecule has 0 fully saturated rings. The van der Waals surface area contributed by atoms with Crippen molar-refractivity contribution in [1.29, 1.82) is 0 Å². The minimum atomic E-state index is -4.37. The fraction of sp³-hybridized carbons (Fsp3) is 0.357. The second kappa shape index (κ2) is 10.4. The highest BCUT2D eigenvalue weighted by atomic mass is 31.2. The van der Waals surface area contributed by atoms with Crippen molar-refractivity contribution in [1.82, 2.24) is 24.4 Å². The molecule has 2 aliphatic heterocycles. The van der Waals surface area contributed by atoms with Crippen LogP contribution in [0.1, 0.15) is 66.8 Å². The van der Waals surface area contributed by atoms with Crippen molar-refractivity contribution in [3.63, 3.8) is 0 Å². The number of fused-ring (bicyclic) bond motifs is 9. The number of amides is 1. The predicted molar refractivity (Wildman–Crippen MR) is 147 cm³/mol. The largest absolute Gasteiger partial charge is 0.473 e. The average Bonchev–Trinajstić information content (AvgIpc) is 3.44. The van der Waals surface area contributed by atoms with Gasteiger partial charge in [-0.2, -0.15) is 8.78 Å². The number of carbonyl (C=O) groups excluding carboxylic acids is 1. The minimum absolute atomic E-state index is 0.0377. The number of phosphoric ester groups is 1. The van der Waals surface area contributed by atoms with Crippen molar-refractivity contribution >= 4 is 24.8 Å². The van der Waals surface area contributed by atoms with E-state index in [4.69, 9.17) is 13.8 Å². The number of halogens is 3. The van der Waals surface area contributed by atoms with Gasteiger partial charge in [-0.1, -0.05) is 6.07 Å². The van der Waals surface area contributed by atoms with Crippen LogP contribution in [0.4, 0.5) is 13.2 Å². The molecular weight excluding hydrogens is 590 g/mol. The highest BCUT2D eigenvalue weighted by Crippen LogP contribution is 2.51. The number of aromatic nitrogens is 4. The number of hydrogen-bond acceptors (Lipinski definition) is 8. The number of phosphoric acid groups is 1. The van der Waals surface area contributed by atoms with Gasteiger partial charge in [0.05, 0.1) is 29.7 Å². The second-order valence-electron chi connectivity index (χ2n) is 10.7. The van der Waals surface area contributed by atoms with Crippen LogP contribution in [0.25, 0.3) is 22.2 Å². The van der Waals surface area contributed by atoms with Crippen LogP contribution in [0, 0.1) is 5.82 Å². The molecule has 4 heterocycles. The van der Waals surface area contributed by atoms with E-state index in [1.54, 1.807) is 26.1 Å². The van der Waals surface area contributed by atoms with Crippen LogP contribution in [-0.4, -0.2) is 55.5 Å². The molecule has 0 radical (unpaired) electrons. The summed E-state index contributed by atoms with van der Waals surface area (Å²) in [6.45, 7) is 1.41. The van der Waals surface area contributed by atoms with E-state index < -0.39 is 37.9 Å². The fourth-order valence-corrected chi connectivity index (χ4v) is 6.86. The second-order valence-corrected chi connectivity index (χ2v) is 12.1. The van der Waals surface area contributed by atoms with Crippen LogP contribution in [-0.2, 0) is 19.2 Å². The molecule has 2 bridgehead atoms. The summed E-state index contributed by atoms with van der Waals surface area (Å²) in [5.74, 6) is -0.504. The molecule has 2 aromatic carbocycles. The molecule has 0 saturated carbocycles. The van der Waals surface area contributed by atoms with Crippen molar-refractivity contribution in [2.24, 2.45) is 0 Å². The van der Waals surface area contributed by atoms with E-state index >= 15 is 4.39 Å². The Morgan fingerprint density at radius 1 is 1.16 bits per heavy atom. The Morgan fingerprint density at radius 2 is 1.88 bits per heavy atom. The molecule has 1 amide bonds. The van der Waals surface area contributed by atoms with Crippen molar-refractivity contribution in [3.8, 4) is 16.9 Å². The molecule has 15 heteroatoms. The molecule has 226 valence electrons. The van der Waals surface area contributed by atoms with Crippen LogP contribution < -0.4 is 4.74 Å². The number of ether oxygens (including phenoxy) is 1. The highest BCUT2D eigenvalue weighted by Gasteiger charge is 2.45. The number of benzene rings is 2. The normalized spacial score (nSPS) is 19.4. The van der Waals surface area contributed by atoms with Gasteiger partial charge < -0.3 is 19.1 Å². The Hall–Kier alpha value is -3.84. The van der Waals surface area contributed by atoms with E-state index in [1.807, 2.05) is 4.57 Å². The molecule has 0 saturated heterocycles. The maximum absolute atomic E-state index is 15.5. The van der Waals surface area contributed by atoms with Gasteiger partial charge in [0, 0.05) is 54.2 Å². The Labute approximate surface area is 243 Å². The Bertz CT molecular complexity index is 1800. The summed E-state index contributed by atoms with van der Waals surface area (Å²) in [5.41, 5.74) is 0.442. The molecule has 6 rings (SSSR count). The highest BCUT2D eigenvalue weighted by molar-refractivity contribution is 7.47. The number of imidazole rings is 1. The third-order valence-electron chi connectivity index (χ3n) is 7.63. The third-order valence-corrected chi connectivity index (χ3v) is 8.90. The zero-order valence-electron chi connectivity index (χ0n) is 23.5. The molecule has 11 nitrogen and oxygen atoms in total. The van der Waals surface area contributed by atoms with Crippen LogP contribution in [0.3, 0.4) is 0 Å². The van der Waals surface area contributed by atoms with E-state index in [1.165, 1.54) is 49.3 Å². The van der Waals surface area contributed by atoms with Gasteiger partial charge in [0.2, 0.25) is 0 Å². The molecule has 0 spiro atoms. The van der Waals surface area contributed by atoms with Crippen molar-refractivity contribution in [2.75, 3.05) is 13.7 Å². The predicted octanol–water partition coefficient (Wildman–Crippen LogP) is 5.74. The molecule has 1 unspecified atom stereocenters. The summed E-state index contributed by atoms with van der Waals surface area (Å²) in [5, 5.41) is 0. The van der Waals surface area contributed by atoms with E-state index in [0.717, 1.165) is 0 Å². The van der Waals surface area contributed by atoms with Gasteiger partial charge in [0.1, 0.15) is 23.0 Å². The molecular formula is C28H27F3N5O6P. The molecule has 0 aliphatic carbocycles. The monoisotopic (exact) mass is 617 g/mol. The molecule has 3 atom stereocenters. The summed E-state index contributed by atoms with van der Waals surface area (Å²) in [6, 6.07) is 6.24. The number of carbonyl (C=O) groups is 1. The van der Waals surface area contributed by atoms with Gasteiger partial charge in [-0.25, -0.2) is 23.9 Å². The van der Waals surface area contributed by atoms with E-state index in [0.29, 0.717) is 34.4 Å². The van der Waals surface area contributed by atoms with Gasteiger partial charge >= 0.3 is 14.4 Å². The summed E-state index contributed by atoms with van der Waals surface area (Å²) in [7, 11) is -2.75. The van der Waals surface area contributed by atoms with Crippen molar-refractivity contribution in [3.05, 3.63) is 71.3 Å². The number of alkyl halides is 2. The summed E-state index contributed by atoms with van der Waals surface area (Å²) >= 11 is 0. The topological polar surface area (TPSA) is 129 Å². The molecule has 43 heavy (non-hydrogen) atoms. The lowest BCUT2D eigenvalue weighted by atomic mass is 9.97. The lowest BCUT2D eigenvalue weighted by Crippen LogP contribution is -2.30. The first-order valence-electron chi connectivity index (χ1n) is 13.4. The van der Waals surface area contributed by atoms with Gasteiger partial charge in [-0.15, -0.1) is 0 Å². The van der Waals surface area contributed by atoms with Crippen LogP contribution in [0.2, 0.25) is 0 Å². The van der Waals surface area contributed by atoms with Gasteiger partial charge in [-0.3, -0.25) is 13.8 Å². The van der Waals surface area contributed by atoms with Gasteiger partial charge in [-0.05, 0) is 39.0 Å². The van der Waals surface area contributed by atoms with Gasteiger partial charge in [0.15, 0.2) is 5.82 Å². The lowest BCUT2D eigenvalue weighted by molar-refractivity contribution is -0.0507. The SMILES string of the molecule is CCOP(=O)(O)OC(C)(C)c1ncc(-c2cc3c(cc2F)nc2n3[C@@H]3C[C@H]2N(C)C(=O)c2cccc(OC(F)F)c23)cn1. The Balaban J connectivity index is 1.44. The molecule has 2 aliphatic rings. The zero-order chi connectivity index (χ0) is 30.8. The van der Waals surface area contributed by atoms with E-state index in [9.17, 15) is 23.0 Å². The third kappa shape index (κ3) is 4.97. The fourth-order valence-electron chi connectivity index (χ4n) is 5.82. The molecule has 1 N–H and O–H groups in total. The summed E-state index contributed by atoms with van der Waals surface area (Å²) in [6.07, 6.45) is 3.09. The quantitative estimate of drug-likeness (QED) is 0.246. The summed E-state index contributed by atoms with van der Waals surface area (Å²) in [4.78, 5) is 37.9. The van der Waals surface area contributed by atoms with Crippen molar-refractivity contribution in [2.45, 2.75) is 51.5 Å².